The van der Waals surface area contributed by atoms with Crippen LogP contribution in [-0.4, -0.2) is 57.1 Å². The molecule has 0 unspecified atom stereocenters. The SMILES string of the molecule is O=C1[C@@H]2[C@@H]3C=C[C@H]([C@@H]2C(=O)N1CO)[C@H]1[C@@H]2C(=O)N(CO)C(=O)[C@@H]2[C@@H]31. The van der Waals surface area contributed by atoms with E-state index in [0.717, 1.165) is 9.80 Å². The fourth-order valence-corrected chi connectivity index (χ4v) is 6.00. The van der Waals surface area contributed by atoms with Crippen LogP contribution in [0.3, 0.4) is 0 Å². The number of fused-ring (bicyclic) bond motifs is 1. The first kappa shape index (κ1) is 14.3. The molecule has 8 heteroatoms. The van der Waals surface area contributed by atoms with Gasteiger partial charge in [-0.1, -0.05) is 12.2 Å². The van der Waals surface area contributed by atoms with Crippen molar-refractivity contribution < 1.29 is 29.4 Å². The number of allylic oxidation sites excluding steroid dienone is 2. The third kappa shape index (κ3) is 1.27. The van der Waals surface area contributed by atoms with E-state index in [1.807, 2.05) is 12.2 Å². The summed E-state index contributed by atoms with van der Waals surface area (Å²) in [6.07, 6.45) is 3.79. The van der Waals surface area contributed by atoms with Crippen LogP contribution in [0.1, 0.15) is 0 Å². The first-order chi connectivity index (χ1) is 11.5. The summed E-state index contributed by atoms with van der Waals surface area (Å²) in [4.78, 5) is 51.6. The van der Waals surface area contributed by atoms with Gasteiger partial charge in [0.1, 0.15) is 13.5 Å². The Labute approximate surface area is 136 Å². The highest BCUT2D eigenvalue weighted by Gasteiger charge is 2.74. The van der Waals surface area contributed by atoms with E-state index in [9.17, 15) is 29.4 Å². The van der Waals surface area contributed by atoms with Gasteiger partial charge in [0.05, 0.1) is 23.7 Å². The predicted molar refractivity (Wildman–Crippen MR) is 74.9 cm³/mol. The number of aliphatic hydroxyl groups excluding tert-OH is 2. The van der Waals surface area contributed by atoms with Gasteiger partial charge in [0, 0.05) is 0 Å². The van der Waals surface area contributed by atoms with Gasteiger partial charge in [-0.15, -0.1) is 0 Å². The van der Waals surface area contributed by atoms with Crippen LogP contribution in [0, 0.1) is 47.3 Å². The molecule has 2 heterocycles. The zero-order chi connectivity index (χ0) is 16.9. The first-order valence-electron chi connectivity index (χ1n) is 8.13. The minimum absolute atomic E-state index is 0.144. The van der Waals surface area contributed by atoms with Crippen LogP contribution in [-0.2, 0) is 19.2 Å². The van der Waals surface area contributed by atoms with E-state index in [4.69, 9.17) is 0 Å². The van der Waals surface area contributed by atoms with Crippen LogP contribution in [0.25, 0.3) is 0 Å². The second-order valence-corrected chi connectivity index (χ2v) is 7.29. The van der Waals surface area contributed by atoms with Crippen molar-refractivity contribution in [2.45, 2.75) is 0 Å². The topological polar surface area (TPSA) is 115 Å². The third-order valence-electron chi connectivity index (χ3n) is 6.81. The number of imide groups is 2. The molecule has 0 aromatic heterocycles. The largest absolute Gasteiger partial charge is 0.376 e. The molecule has 6 rings (SSSR count). The molecule has 0 radical (unpaired) electrons. The molecule has 0 aromatic rings. The van der Waals surface area contributed by atoms with Crippen molar-refractivity contribution in [1.29, 1.82) is 0 Å². The maximum Gasteiger partial charge on any atom is 0.235 e. The zero-order valence-corrected chi connectivity index (χ0v) is 12.6. The summed E-state index contributed by atoms with van der Waals surface area (Å²) in [6, 6.07) is 0. The summed E-state index contributed by atoms with van der Waals surface area (Å²) in [6.45, 7) is -1.27. The van der Waals surface area contributed by atoms with E-state index in [1.54, 1.807) is 0 Å². The number of hydrogen-bond donors (Lipinski definition) is 2. The average molecular weight is 332 g/mol. The first-order valence-corrected chi connectivity index (χ1v) is 8.13. The highest BCUT2D eigenvalue weighted by Crippen LogP contribution is 2.68. The van der Waals surface area contributed by atoms with E-state index in [0.29, 0.717) is 0 Å². The lowest BCUT2D eigenvalue weighted by atomic mass is 9.40. The number of carbonyl (C=O) groups excluding carboxylic acids is 4. The molecule has 2 bridgehead atoms. The lowest BCUT2D eigenvalue weighted by Crippen LogP contribution is -2.63. The van der Waals surface area contributed by atoms with Gasteiger partial charge in [-0.3, -0.25) is 29.0 Å². The summed E-state index contributed by atoms with van der Waals surface area (Å²) in [5, 5.41) is 18.6. The number of rotatable bonds is 2. The molecule has 24 heavy (non-hydrogen) atoms. The van der Waals surface area contributed by atoms with Crippen LogP contribution in [0.15, 0.2) is 12.2 Å². The van der Waals surface area contributed by atoms with E-state index in [1.165, 1.54) is 0 Å². The number of aliphatic hydroxyl groups is 2. The Bertz CT molecular complexity index is 676. The summed E-state index contributed by atoms with van der Waals surface area (Å²) >= 11 is 0. The lowest BCUT2D eigenvalue weighted by Gasteiger charge is -2.60. The van der Waals surface area contributed by atoms with Crippen LogP contribution in [0.2, 0.25) is 0 Å². The molecule has 4 fully saturated rings. The molecule has 0 spiro atoms. The minimum atomic E-state index is -0.636. The van der Waals surface area contributed by atoms with Gasteiger partial charge in [0.2, 0.25) is 23.6 Å². The van der Waals surface area contributed by atoms with Gasteiger partial charge in [-0.25, -0.2) is 0 Å². The van der Waals surface area contributed by atoms with Crippen LogP contribution < -0.4 is 0 Å². The fourth-order valence-electron chi connectivity index (χ4n) is 6.00. The third-order valence-corrected chi connectivity index (χ3v) is 6.81. The monoisotopic (exact) mass is 332 g/mol. The molecule has 4 amide bonds. The van der Waals surface area contributed by atoms with Crippen molar-refractivity contribution >= 4 is 23.6 Å². The maximum atomic E-state index is 12.5. The number of hydrogen-bond acceptors (Lipinski definition) is 6. The summed E-state index contributed by atoms with van der Waals surface area (Å²) < 4.78 is 0. The van der Waals surface area contributed by atoms with E-state index in [-0.39, 0.29) is 47.3 Å². The highest BCUT2D eigenvalue weighted by atomic mass is 16.3. The molecule has 8 atom stereocenters. The zero-order valence-electron chi connectivity index (χ0n) is 12.6. The van der Waals surface area contributed by atoms with Crippen molar-refractivity contribution in [1.82, 2.24) is 9.80 Å². The molecular weight excluding hydrogens is 316 g/mol. The molecule has 126 valence electrons. The Hall–Kier alpha value is -2.06. The Kier molecular flexibility index (Phi) is 2.57. The van der Waals surface area contributed by atoms with Crippen molar-refractivity contribution in [3.05, 3.63) is 12.2 Å². The Morgan fingerprint density at radius 2 is 1.00 bits per heavy atom. The number of carbonyl (C=O) groups is 4. The second-order valence-electron chi connectivity index (χ2n) is 7.29. The van der Waals surface area contributed by atoms with Gasteiger partial charge in [-0.05, 0) is 23.7 Å². The maximum absolute atomic E-state index is 12.5. The highest BCUT2D eigenvalue weighted by molar-refractivity contribution is 6.09. The van der Waals surface area contributed by atoms with Gasteiger partial charge < -0.3 is 10.2 Å². The van der Waals surface area contributed by atoms with Gasteiger partial charge in [0.15, 0.2) is 0 Å². The average Bonchev–Trinajstić information content (AvgIpc) is 2.91. The van der Waals surface area contributed by atoms with Crippen molar-refractivity contribution in [3.63, 3.8) is 0 Å². The van der Waals surface area contributed by atoms with Crippen LogP contribution in [0.4, 0.5) is 0 Å². The van der Waals surface area contributed by atoms with Crippen molar-refractivity contribution in [2.75, 3.05) is 13.5 Å². The van der Waals surface area contributed by atoms with E-state index < -0.39 is 37.1 Å². The summed E-state index contributed by atoms with van der Waals surface area (Å²) in [5.41, 5.74) is 0. The number of likely N-dealkylation sites (tertiary alicyclic amines) is 2. The lowest BCUT2D eigenvalue weighted by molar-refractivity contribution is -0.166. The molecule has 2 saturated carbocycles. The van der Waals surface area contributed by atoms with E-state index in [2.05, 4.69) is 0 Å². The molecule has 0 aromatic carbocycles. The smallest absolute Gasteiger partial charge is 0.235 e. The van der Waals surface area contributed by atoms with Gasteiger partial charge in [-0.2, -0.15) is 0 Å². The predicted octanol–water partition coefficient (Wildman–Crippen LogP) is -1.85. The fraction of sp³-hybridized carbons (Fsp3) is 0.625. The molecule has 2 N–H and O–H groups in total. The molecule has 6 aliphatic rings. The van der Waals surface area contributed by atoms with E-state index >= 15 is 0 Å². The molecular formula is C16H16N2O6. The van der Waals surface area contributed by atoms with Crippen LogP contribution in [0.5, 0.6) is 0 Å². The quantitative estimate of drug-likeness (QED) is 0.453. The Morgan fingerprint density at radius 3 is 1.33 bits per heavy atom. The van der Waals surface area contributed by atoms with Gasteiger partial charge >= 0.3 is 0 Å². The Balaban J connectivity index is 1.57. The van der Waals surface area contributed by atoms with Crippen molar-refractivity contribution in [2.24, 2.45) is 47.3 Å². The summed E-state index contributed by atoms with van der Waals surface area (Å²) in [7, 11) is 0. The standard InChI is InChI=1S/C16H16N2O6/c19-3-17-13(21)9-5-1-2-6(10(9)14(17)22)8-7(5)11-12(8)16(24)18(4-20)15(11)23/h1-2,5-12,19-20H,3-4H2/t5-,6+,7+,8-,9-,10+,11-,12+. The second kappa shape index (κ2) is 4.31. The minimum Gasteiger partial charge on any atom is -0.376 e. The summed E-state index contributed by atoms with van der Waals surface area (Å²) in [5.74, 6) is -4.44. The normalized spacial score (nSPS) is 47.9. The van der Waals surface area contributed by atoms with Crippen LogP contribution >= 0.6 is 0 Å². The molecule has 4 aliphatic carbocycles. The molecule has 2 aliphatic heterocycles. The van der Waals surface area contributed by atoms with Crippen molar-refractivity contribution in [3.8, 4) is 0 Å². The number of amides is 4. The number of nitrogens with zero attached hydrogens (tertiary/aromatic N) is 2. The van der Waals surface area contributed by atoms with Gasteiger partial charge in [0.25, 0.3) is 0 Å². The molecule has 2 saturated heterocycles. The Morgan fingerprint density at radius 1 is 0.667 bits per heavy atom. The molecule has 8 nitrogen and oxygen atoms in total.